The molecule has 0 radical (unpaired) electrons. The van der Waals surface area contributed by atoms with E-state index < -0.39 is 0 Å². The van der Waals surface area contributed by atoms with Crippen LogP contribution >= 0.6 is 11.6 Å². The Labute approximate surface area is 158 Å². The molecule has 5 heteroatoms. The van der Waals surface area contributed by atoms with Crippen molar-refractivity contribution in [1.29, 1.82) is 0 Å². The molecule has 1 fully saturated rings. The van der Waals surface area contributed by atoms with Crippen molar-refractivity contribution in [3.63, 3.8) is 0 Å². The van der Waals surface area contributed by atoms with Crippen molar-refractivity contribution < 1.29 is 14.3 Å². The number of ether oxygens (including phenoxy) is 1. The molecule has 1 amide bonds. The summed E-state index contributed by atoms with van der Waals surface area (Å²) in [4.78, 5) is 26.4. The van der Waals surface area contributed by atoms with E-state index in [4.69, 9.17) is 16.3 Å². The maximum Gasteiger partial charge on any atom is 0.222 e. The summed E-state index contributed by atoms with van der Waals surface area (Å²) in [5, 5.41) is 0.681. The fourth-order valence-electron chi connectivity index (χ4n) is 3.08. The van der Waals surface area contributed by atoms with Crippen LogP contribution in [0, 0.1) is 0 Å². The first kappa shape index (κ1) is 18.6. The second kappa shape index (κ2) is 8.97. The highest BCUT2D eigenvalue weighted by atomic mass is 35.5. The zero-order valence-electron chi connectivity index (χ0n) is 14.6. The molecule has 2 aromatic rings. The van der Waals surface area contributed by atoms with Crippen LogP contribution in [0.2, 0.25) is 5.02 Å². The van der Waals surface area contributed by atoms with E-state index in [9.17, 15) is 9.59 Å². The van der Waals surface area contributed by atoms with E-state index >= 15 is 0 Å². The summed E-state index contributed by atoms with van der Waals surface area (Å²) >= 11 is 5.92. The van der Waals surface area contributed by atoms with Gasteiger partial charge in [-0.3, -0.25) is 9.59 Å². The van der Waals surface area contributed by atoms with Crippen LogP contribution in [-0.2, 0) is 9.53 Å². The molecule has 3 rings (SSSR count). The van der Waals surface area contributed by atoms with Gasteiger partial charge in [-0.1, -0.05) is 54.1 Å². The summed E-state index contributed by atoms with van der Waals surface area (Å²) in [5.74, 6) is 0.160. The van der Waals surface area contributed by atoms with Crippen molar-refractivity contribution in [3.05, 3.63) is 70.7 Å². The van der Waals surface area contributed by atoms with Gasteiger partial charge in [0.15, 0.2) is 5.78 Å². The third-order valence-corrected chi connectivity index (χ3v) is 4.80. The molecule has 0 saturated carbocycles. The molecule has 0 bridgehead atoms. The molecule has 0 N–H and O–H groups in total. The summed E-state index contributed by atoms with van der Waals surface area (Å²) in [5.41, 5.74) is 1.72. The van der Waals surface area contributed by atoms with Crippen LogP contribution in [0.4, 0.5) is 0 Å². The van der Waals surface area contributed by atoms with Gasteiger partial charge in [0, 0.05) is 30.0 Å². The summed E-state index contributed by atoms with van der Waals surface area (Å²) in [7, 11) is 0. The fourth-order valence-corrected chi connectivity index (χ4v) is 3.21. The lowest BCUT2D eigenvalue weighted by molar-refractivity contribution is -0.139. The van der Waals surface area contributed by atoms with Gasteiger partial charge in [-0.05, 0) is 24.1 Å². The number of ketones is 1. The Bertz CT molecular complexity index is 746. The number of halogens is 1. The molecule has 1 atom stereocenters. The van der Waals surface area contributed by atoms with Gasteiger partial charge in [0.1, 0.15) is 6.10 Å². The molecule has 2 aromatic carbocycles. The lowest BCUT2D eigenvalue weighted by Gasteiger charge is -2.33. The summed E-state index contributed by atoms with van der Waals surface area (Å²) in [6, 6.07) is 16.7. The van der Waals surface area contributed by atoms with E-state index in [0.29, 0.717) is 49.5 Å². The molecular formula is C21H22ClNO3. The number of benzene rings is 2. The zero-order chi connectivity index (χ0) is 18.4. The number of carbonyl (C=O) groups excluding carboxylic acids is 2. The standard InChI is InChI=1S/C21H22ClNO3/c22-18-11-9-17(10-12-18)20-15-23(13-14-26-20)21(25)8-4-7-19(24)16-5-2-1-3-6-16/h1-3,5-6,9-12,20H,4,7-8,13-15H2. The molecular weight excluding hydrogens is 350 g/mol. The molecule has 0 spiro atoms. The predicted octanol–water partition coefficient (Wildman–Crippen LogP) is 4.29. The summed E-state index contributed by atoms with van der Waals surface area (Å²) < 4.78 is 5.79. The van der Waals surface area contributed by atoms with Crippen molar-refractivity contribution >= 4 is 23.3 Å². The Morgan fingerprint density at radius 3 is 2.50 bits per heavy atom. The maximum absolute atomic E-state index is 12.5. The third kappa shape index (κ3) is 4.93. The van der Waals surface area contributed by atoms with Crippen LogP contribution in [0.25, 0.3) is 0 Å². The van der Waals surface area contributed by atoms with Crippen LogP contribution in [-0.4, -0.2) is 36.3 Å². The van der Waals surface area contributed by atoms with Crippen molar-refractivity contribution in [1.82, 2.24) is 4.90 Å². The molecule has 4 nitrogen and oxygen atoms in total. The van der Waals surface area contributed by atoms with Gasteiger partial charge in [-0.15, -0.1) is 0 Å². The average molecular weight is 372 g/mol. The van der Waals surface area contributed by atoms with E-state index in [1.807, 2.05) is 59.5 Å². The van der Waals surface area contributed by atoms with Crippen LogP contribution in [0.1, 0.15) is 41.3 Å². The normalized spacial score (nSPS) is 17.1. The molecule has 1 unspecified atom stereocenters. The highest BCUT2D eigenvalue weighted by molar-refractivity contribution is 6.30. The van der Waals surface area contributed by atoms with Gasteiger partial charge in [0.2, 0.25) is 5.91 Å². The van der Waals surface area contributed by atoms with E-state index in [-0.39, 0.29) is 17.8 Å². The first-order valence-corrected chi connectivity index (χ1v) is 9.24. The van der Waals surface area contributed by atoms with Crippen LogP contribution in [0.15, 0.2) is 54.6 Å². The van der Waals surface area contributed by atoms with Gasteiger partial charge >= 0.3 is 0 Å². The summed E-state index contributed by atoms with van der Waals surface area (Å²) in [6.45, 7) is 1.64. The van der Waals surface area contributed by atoms with Crippen molar-refractivity contribution in [3.8, 4) is 0 Å². The first-order chi connectivity index (χ1) is 12.6. The number of amides is 1. The van der Waals surface area contributed by atoms with Gasteiger partial charge in [-0.2, -0.15) is 0 Å². The molecule has 1 saturated heterocycles. The smallest absolute Gasteiger partial charge is 0.222 e. The minimum atomic E-state index is -0.129. The number of Topliss-reactive ketones (excluding diaryl/α,β-unsaturated/α-hetero) is 1. The monoisotopic (exact) mass is 371 g/mol. The fraction of sp³-hybridized carbons (Fsp3) is 0.333. The predicted molar refractivity (Wildman–Crippen MR) is 101 cm³/mol. The second-order valence-electron chi connectivity index (χ2n) is 6.39. The largest absolute Gasteiger partial charge is 0.370 e. The van der Waals surface area contributed by atoms with Gasteiger partial charge in [-0.25, -0.2) is 0 Å². The molecule has 0 aromatic heterocycles. The van der Waals surface area contributed by atoms with Crippen molar-refractivity contribution in [2.24, 2.45) is 0 Å². The number of carbonyl (C=O) groups is 2. The number of nitrogens with zero attached hydrogens (tertiary/aromatic N) is 1. The van der Waals surface area contributed by atoms with Crippen molar-refractivity contribution in [2.45, 2.75) is 25.4 Å². The summed E-state index contributed by atoms with van der Waals surface area (Å²) in [6.07, 6.45) is 1.21. The minimum absolute atomic E-state index is 0.0770. The van der Waals surface area contributed by atoms with Crippen molar-refractivity contribution in [2.75, 3.05) is 19.7 Å². The second-order valence-corrected chi connectivity index (χ2v) is 6.83. The number of morpholine rings is 1. The topological polar surface area (TPSA) is 46.6 Å². The Kier molecular flexibility index (Phi) is 6.42. The molecule has 26 heavy (non-hydrogen) atoms. The van der Waals surface area contributed by atoms with E-state index in [0.717, 1.165) is 5.56 Å². The molecule has 136 valence electrons. The van der Waals surface area contributed by atoms with Gasteiger partial charge in [0.05, 0.1) is 13.2 Å². The van der Waals surface area contributed by atoms with Crippen LogP contribution < -0.4 is 0 Å². The Balaban J connectivity index is 1.48. The van der Waals surface area contributed by atoms with E-state index in [1.165, 1.54) is 0 Å². The third-order valence-electron chi connectivity index (χ3n) is 4.55. The number of hydrogen-bond acceptors (Lipinski definition) is 3. The Morgan fingerprint density at radius 2 is 1.77 bits per heavy atom. The minimum Gasteiger partial charge on any atom is -0.370 e. The highest BCUT2D eigenvalue weighted by Crippen LogP contribution is 2.24. The molecule has 1 heterocycles. The highest BCUT2D eigenvalue weighted by Gasteiger charge is 2.25. The van der Waals surface area contributed by atoms with E-state index in [1.54, 1.807) is 0 Å². The van der Waals surface area contributed by atoms with E-state index in [2.05, 4.69) is 0 Å². The SMILES string of the molecule is O=C(CCCC(=O)N1CCOC(c2ccc(Cl)cc2)C1)c1ccccc1. The molecule has 0 aliphatic carbocycles. The molecule has 1 aliphatic heterocycles. The van der Waals surface area contributed by atoms with Gasteiger partial charge < -0.3 is 9.64 Å². The molecule has 1 aliphatic rings. The first-order valence-electron chi connectivity index (χ1n) is 8.86. The maximum atomic E-state index is 12.5. The quantitative estimate of drug-likeness (QED) is 0.711. The Morgan fingerprint density at radius 1 is 1.04 bits per heavy atom. The van der Waals surface area contributed by atoms with Gasteiger partial charge in [0.25, 0.3) is 0 Å². The zero-order valence-corrected chi connectivity index (χ0v) is 15.3. The average Bonchev–Trinajstić information content (AvgIpc) is 2.69. The lowest BCUT2D eigenvalue weighted by atomic mass is 10.0. The lowest BCUT2D eigenvalue weighted by Crippen LogP contribution is -2.42. The Hall–Kier alpha value is -2.17. The number of hydrogen-bond donors (Lipinski definition) is 0. The van der Waals surface area contributed by atoms with Crippen LogP contribution in [0.3, 0.4) is 0 Å². The van der Waals surface area contributed by atoms with Crippen LogP contribution in [0.5, 0.6) is 0 Å². The number of rotatable bonds is 6.